The van der Waals surface area contributed by atoms with Crippen LogP contribution in [0, 0.1) is 6.92 Å². The van der Waals surface area contributed by atoms with Gasteiger partial charge in [-0.2, -0.15) is 0 Å². The van der Waals surface area contributed by atoms with Gasteiger partial charge in [0.2, 0.25) is 5.82 Å². The Balaban J connectivity index is 1.71. The number of aryl methyl sites for hydroxylation is 1. The molecule has 1 saturated carbocycles. The smallest absolute Gasteiger partial charge is 0.292 e. The molecule has 2 aliphatic rings. The quantitative estimate of drug-likeness (QED) is 0.518. The Kier molecular flexibility index (Phi) is 5.75. The van der Waals surface area contributed by atoms with E-state index in [1.807, 2.05) is 19.1 Å². The molecule has 2 atom stereocenters. The standard InChI is InChI=1S/C20H27N7OS/c1-12-6-7-14-13(10-12)17(24-15-4-2-3-5-16(15)25-20(21)22)26-18(23-14)19(28)27-8-9-29-11-27/h6-7,10,15-16H,2-5,8-9,11H2,1H3,(H4,21,22,25)(H,23,24,26). The van der Waals surface area contributed by atoms with Gasteiger partial charge in [0, 0.05) is 17.7 Å². The average molecular weight is 414 g/mol. The Morgan fingerprint density at radius 1 is 1.28 bits per heavy atom. The highest BCUT2D eigenvalue weighted by Gasteiger charge is 2.28. The summed E-state index contributed by atoms with van der Waals surface area (Å²) >= 11 is 1.74. The SMILES string of the molecule is Cc1ccc2nc(C(=O)N3CCSC3)nc(NC3CCCCC3N=C(N)N)c2c1. The molecule has 1 saturated heterocycles. The van der Waals surface area contributed by atoms with E-state index in [0.717, 1.165) is 54.4 Å². The van der Waals surface area contributed by atoms with Crippen LogP contribution in [0.5, 0.6) is 0 Å². The topological polar surface area (TPSA) is 123 Å². The molecule has 1 aliphatic heterocycles. The summed E-state index contributed by atoms with van der Waals surface area (Å²) in [5.74, 6) is 2.54. The molecule has 0 spiro atoms. The number of nitrogens with two attached hydrogens (primary N) is 2. The Morgan fingerprint density at radius 2 is 2.10 bits per heavy atom. The van der Waals surface area contributed by atoms with Gasteiger partial charge in [0.15, 0.2) is 5.96 Å². The zero-order valence-corrected chi connectivity index (χ0v) is 17.4. The van der Waals surface area contributed by atoms with Crippen LogP contribution < -0.4 is 16.8 Å². The van der Waals surface area contributed by atoms with Crippen LogP contribution >= 0.6 is 11.8 Å². The lowest BCUT2D eigenvalue weighted by atomic mass is 9.90. The average Bonchev–Trinajstić information content (AvgIpc) is 3.23. The number of hydrogen-bond acceptors (Lipinski definition) is 6. The Morgan fingerprint density at radius 3 is 2.86 bits per heavy atom. The summed E-state index contributed by atoms with van der Waals surface area (Å²) in [6.45, 7) is 2.77. The normalized spacial score (nSPS) is 21.9. The number of carbonyl (C=O) groups is 1. The van der Waals surface area contributed by atoms with Crippen molar-refractivity contribution in [1.82, 2.24) is 14.9 Å². The van der Waals surface area contributed by atoms with Crippen molar-refractivity contribution in [3.63, 3.8) is 0 Å². The summed E-state index contributed by atoms with van der Waals surface area (Å²) in [5, 5.41) is 4.46. The number of aliphatic imine (C=N–C) groups is 1. The van der Waals surface area contributed by atoms with Gasteiger partial charge in [-0.3, -0.25) is 4.79 Å². The first-order valence-electron chi connectivity index (χ1n) is 10.0. The van der Waals surface area contributed by atoms with Gasteiger partial charge in [0.25, 0.3) is 5.91 Å². The zero-order valence-electron chi connectivity index (χ0n) is 16.6. The number of nitrogens with zero attached hydrogens (tertiary/aromatic N) is 4. The summed E-state index contributed by atoms with van der Waals surface area (Å²) < 4.78 is 0. The first-order valence-corrected chi connectivity index (χ1v) is 11.2. The van der Waals surface area contributed by atoms with Crippen molar-refractivity contribution in [3.8, 4) is 0 Å². The second-order valence-corrected chi connectivity index (χ2v) is 8.75. The molecule has 2 unspecified atom stereocenters. The van der Waals surface area contributed by atoms with Crippen molar-refractivity contribution >= 4 is 40.3 Å². The maximum atomic E-state index is 12.9. The van der Waals surface area contributed by atoms with E-state index in [1.54, 1.807) is 16.7 Å². The van der Waals surface area contributed by atoms with Crippen molar-refractivity contribution in [3.05, 3.63) is 29.6 Å². The number of aromatic nitrogens is 2. The van der Waals surface area contributed by atoms with Crippen LogP contribution in [0.15, 0.2) is 23.2 Å². The highest BCUT2D eigenvalue weighted by Crippen LogP contribution is 2.28. The predicted octanol–water partition coefficient (Wildman–Crippen LogP) is 2.08. The van der Waals surface area contributed by atoms with Crippen molar-refractivity contribution in [2.75, 3.05) is 23.5 Å². The van der Waals surface area contributed by atoms with Gasteiger partial charge in [-0.05, 0) is 31.9 Å². The molecule has 8 nitrogen and oxygen atoms in total. The molecule has 1 amide bonds. The molecular weight excluding hydrogens is 386 g/mol. The molecule has 9 heteroatoms. The maximum Gasteiger partial charge on any atom is 0.292 e. The number of rotatable bonds is 4. The lowest BCUT2D eigenvalue weighted by Crippen LogP contribution is -2.38. The van der Waals surface area contributed by atoms with E-state index in [-0.39, 0.29) is 29.8 Å². The highest BCUT2D eigenvalue weighted by atomic mass is 32.2. The van der Waals surface area contributed by atoms with E-state index in [2.05, 4.69) is 26.3 Å². The summed E-state index contributed by atoms with van der Waals surface area (Å²) in [4.78, 5) is 28.4. The molecule has 2 fully saturated rings. The molecule has 154 valence electrons. The van der Waals surface area contributed by atoms with E-state index >= 15 is 0 Å². The lowest BCUT2D eigenvalue weighted by molar-refractivity contribution is 0.0791. The number of carbonyl (C=O) groups excluding carboxylic acids is 1. The van der Waals surface area contributed by atoms with Gasteiger partial charge >= 0.3 is 0 Å². The molecule has 2 aromatic rings. The minimum absolute atomic E-state index is 0.00212. The van der Waals surface area contributed by atoms with Crippen molar-refractivity contribution in [2.24, 2.45) is 16.5 Å². The second kappa shape index (κ2) is 8.44. The molecule has 1 aromatic heterocycles. The Bertz CT molecular complexity index is 938. The fraction of sp³-hybridized carbons (Fsp3) is 0.500. The van der Waals surface area contributed by atoms with Gasteiger partial charge in [0.1, 0.15) is 5.82 Å². The van der Waals surface area contributed by atoms with Crippen LogP contribution in [0.4, 0.5) is 5.82 Å². The van der Waals surface area contributed by atoms with Gasteiger partial charge in [-0.15, -0.1) is 11.8 Å². The lowest BCUT2D eigenvalue weighted by Gasteiger charge is -2.30. The maximum absolute atomic E-state index is 12.9. The minimum Gasteiger partial charge on any atom is -0.370 e. The molecule has 5 N–H and O–H groups in total. The van der Waals surface area contributed by atoms with Gasteiger partial charge in [-0.1, -0.05) is 24.5 Å². The van der Waals surface area contributed by atoms with Crippen LogP contribution in [0.2, 0.25) is 0 Å². The van der Waals surface area contributed by atoms with Crippen molar-refractivity contribution in [2.45, 2.75) is 44.7 Å². The second-order valence-electron chi connectivity index (χ2n) is 7.68. The number of anilines is 1. The highest BCUT2D eigenvalue weighted by molar-refractivity contribution is 7.99. The third-order valence-corrected chi connectivity index (χ3v) is 6.41. The van der Waals surface area contributed by atoms with E-state index in [9.17, 15) is 4.79 Å². The molecule has 0 radical (unpaired) electrons. The van der Waals surface area contributed by atoms with E-state index < -0.39 is 0 Å². The molecular formula is C20H27N7OS. The number of hydrogen-bond donors (Lipinski definition) is 3. The summed E-state index contributed by atoms with van der Waals surface area (Å²) in [7, 11) is 0. The fourth-order valence-electron chi connectivity index (χ4n) is 3.96. The molecule has 1 aromatic carbocycles. The zero-order chi connectivity index (χ0) is 20.4. The number of nitrogens with one attached hydrogen (secondary N) is 1. The summed E-state index contributed by atoms with van der Waals surface area (Å²) in [6, 6.07) is 6.06. The number of amides is 1. The van der Waals surface area contributed by atoms with E-state index in [4.69, 9.17) is 11.5 Å². The molecule has 29 heavy (non-hydrogen) atoms. The molecule has 2 heterocycles. The van der Waals surface area contributed by atoms with Crippen LogP contribution in [-0.4, -0.2) is 57.0 Å². The van der Waals surface area contributed by atoms with Gasteiger partial charge in [0.05, 0.1) is 23.5 Å². The van der Waals surface area contributed by atoms with Gasteiger partial charge < -0.3 is 21.7 Å². The fourth-order valence-corrected chi connectivity index (χ4v) is 4.91. The monoisotopic (exact) mass is 413 g/mol. The van der Waals surface area contributed by atoms with Crippen LogP contribution in [0.1, 0.15) is 41.9 Å². The van der Waals surface area contributed by atoms with Gasteiger partial charge in [-0.25, -0.2) is 15.0 Å². The van der Waals surface area contributed by atoms with E-state index in [0.29, 0.717) is 11.7 Å². The van der Waals surface area contributed by atoms with Crippen LogP contribution in [0.25, 0.3) is 10.9 Å². The van der Waals surface area contributed by atoms with Crippen molar-refractivity contribution in [1.29, 1.82) is 0 Å². The first-order chi connectivity index (χ1) is 14.0. The predicted molar refractivity (Wildman–Crippen MR) is 118 cm³/mol. The third-order valence-electron chi connectivity index (χ3n) is 5.45. The Hall–Kier alpha value is -2.55. The number of guanidine groups is 1. The number of benzene rings is 1. The summed E-state index contributed by atoms with van der Waals surface area (Å²) in [5.41, 5.74) is 13.2. The largest absolute Gasteiger partial charge is 0.370 e. The summed E-state index contributed by atoms with van der Waals surface area (Å²) in [6.07, 6.45) is 4.08. The third kappa shape index (κ3) is 4.39. The Labute approximate surface area is 174 Å². The minimum atomic E-state index is -0.120. The van der Waals surface area contributed by atoms with Crippen LogP contribution in [-0.2, 0) is 0 Å². The van der Waals surface area contributed by atoms with E-state index in [1.165, 1.54) is 0 Å². The molecule has 4 rings (SSSR count). The molecule has 0 bridgehead atoms. The first kappa shape index (κ1) is 19.8. The van der Waals surface area contributed by atoms with Crippen LogP contribution in [0.3, 0.4) is 0 Å². The number of fused-ring (bicyclic) bond motifs is 1. The molecule has 1 aliphatic carbocycles. The number of thioether (sulfide) groups is 1. The van der Waals surface area contributed by atoms with Crippen molar-refractivity contribution < 1.29 is 4.79 Å².